The van der Waals surface area contributed by atoms with E-state index in [1.807, 2.05) is 4.90 Å². The van der Waals surface area contributed by atoms with E-state index in [-0.39, 0.29) is 10.8 Å². The van der Waals surface area contributed by atoms with Gasteiger partial charge in [-0.15, -0.1) is 0 Å². The standard InChI is InChI=1S/C19H24BrN5O3S/c1-3-25(4-2)29(27,28)17-7-5-6-15(12-17)18(26)23-8-10-24(11-9-23)19-21-13-16(20)14-22-19/h5-7,12-14H,3-4,8-11H2,1-2H3. The maximum atomic E-state index is 12.9. The van der Waals surface area contributed by atoms with Crippen LogP contribution >= 0.6 is 15.9 Å². The molecule has 0 atom stereocenters. The summed E-state index contributed by atoms with van der Waals surface area (Å²) in [6, 6.07) is 6.29. The van der Waals surface area contributed by atoms with Gasteiger partial charge in [-0.2, -0.15) is 4.31 Å². The van der Waals surface area contributed by atoms with Crippen molar-refractivity contribution >= 4 is 37.8 Å². The van der Waals surface area contributed by atoms with Crippen LogP contribution in [-0.2, 0) is 10.0 Å². The fourth-order valence-electron chi connectivity index (χ4n) is 3.26. The SMILES string of the molecule is CCN(CC)S(=O)(=O)c1cccc(C(=O)N2CCN(c3ncc(Br)cn3)CC2)c1. The van der Waals surface area contributed by atoms with Crippen LogP contribution in [0.5, 0.6) is 0 Å². The van der Waals surface area contributed by atoms with Crippen molar-refractivity contribution in [3.05, 3.63) is 46.7 Å². The molecule has 2 heterocycles. The van der Waals surface area contributed by atoms with Crippen molar-refractivity contribution in [3.63, 3.8) is 0 Å². The molecule has 0 saturated carbocycles. The molecule has 156 valence electrons. The highest BCUT2D eigenvalue weighted by Gasteiger charge is 2.26. The highest BCUT2D eigenvalue weighted by Crippen LogP contribution is 2.19. The summed E-state index contributed by atoms with van der Waals surface area (Å²) in [5.74, 6) is 0.464. The van der Waals surface area contributed by atoms with Gasteiger partial charge in [0.05, 0.1) is 9.37 Å². The van der Waals surface area contributed by atoms with E-state index in [2.05, 4.69) is 25.9 Å². The van der Waals surface area contributed by atoms with Gasteiger partial charge in [-0.25, -0.2) is 18.4 Å². The van der Waals surface area contributed by atoms with Crippen LogP contribution in [-0.4, -0.2) is 72.8 Å². The quantitative estimate of drug-likeness (QED) is 0.628. The molecule has 1 fully saturated rings. The van der Waals surface area contributed by atoms with Crippen LogP contribution in [0.1, 0.15) is 24.2 Å². The molecule has 0 N–H and O–H groups in total. The molecular formula is C19H24BrN5O3S. The van der Waals surface area contributed by atoms with E-state index in [9.17, 15) is 13.2 Å². The van der Waals surface area contributed by atoms with Crippen molar-refractivity contribution in [2.24, 2.45) is 0 Å². The Balaban J connectivity index is 1.71. The molecule has 1 saturated heterocycles. The molecule has 1 aliphatic rings. The number of nitrogens with zero attached hydrogens (tertiary/aromatic N) is 5. The Kier molecular flexibility index (Phi) is 6.86. The molecule has 1 amide bonds. The number of hydrogen-bond acceptors (Lipinski definition) is 6. The van der Waals surface area contributed by atoms with Gasteiger partial charge in [0.2, 0.25) is 16.0 Å². The summed E-state index contributed by atoms with van der Waals surface area (Å²) in [7, 11) is -3.60. The first-order valence-electron chi connectivity index (χ1n) is 9.48. The van der Waals surface area contributed by atoms with E-state index in [1.54, 1.807) is 43.3 Å². The average Bonchev–Trinajstić information content (AvgIpc) is 2.75. The molecule has 1 aliphatic heterocycles. The minimum absolute atomic E-state index is 0.147. The zero-order valence-electron chi connectivity index (χ0n) is 16.5. The number of rotatable bonds is 6. The third-order valence-electron chi connectivity index (χ3n) is 4.88. The molecule has 1 aromatic heterocycles. The predicted octanol–water partition coefficient (Wildman–Crippen LogP) is 2.23. The number of carbonyl (C=O) groups is 1. The Morgan fingerprint density at radius 2 is 1.72 bits per heavy atom. The number of carbonyl (C=O) groups excluding carboxylic acids is 1. The van der Waals surface area contributed by atoms with Crippen molar-refractivity contribution in [2.75, 3.05) is 44.2 Å². The number of piperazine rings is 1. The molecule has 0 bridgehead atoms. The molecule has 3 rings (SSSR count). The number of halogens is 1. The van der Waals surface area contributed by atoms with Gasteiger partial charge >= 0.3 is 0 Å². The lowest BCUT2D eigenvalue weighted by molar-refractivity contribution is 0.0746. The topological polar surface area (TPSA) is 86.7 Å². The van der Waals surface area contributed by atoms with E-state index >= 15 is 0 Å². The number of hydrogen-bond donors (Lipinski definition) is 0. The van der Waals surface area contributed by atoms with Crippen LogP contribution in [0.3, 0.4) is 0 Å². The van der Waals surface area contributed by atoms with E-state index in [4.69, 9.17) is 0 Å². The first-order chi connectivity index (χ1) is 13.9. The van der Waals surface area contributed by atoms with E-state index < -0.39 is 10.0 Å². The lowest BCUT2D eigenvalue weighted by Crippen LogP contribution is -2.49. The summed E-state index contributed by atoms with van der Waals surface area (Å²) in [4.78, 5) is 25.4. The summed E-state index contributed by atoms with van der Waals surface area (Å²) in [6.07, 6.45) is 3.39. The van der Waals surface area contributed by atoms with Gasteiger partial charge < -0.3 is 9.80 Å². The largest absolute Gasteiger partial charge is 0.337 e. The second-order valence-electron chi connectivity index (χ2n) is 6.60. The van der Waals surface area contributed by atoms with E-state index in [1.165, 1.54) is 16.4 Å². The fourth-order valence-corrected chi connectivity index (χ4v) is 4.97. The Morgan fingerprint density at radius 1 is 1.10 bits per heavy atom. The summed E-state index contributed by atoms with van der Waals surface area (Å²) >= 11 is 3.32. The number of aromatic nitrogens is 2. The number of anilines is 1. The van der Waals surface area contributed by atoms with Gasteiger partial charge in [0, 0.05) is 57.2 Å². The predicted molar refractivity (Wildman–Crippen MR) is 114 cm³/mol. The molecule has 29 heavy (non-hydrogen) atoms. The smallest absolute Gasteiger partial charge is 0.254 e. The maximum Gasteiger partial charge on any atom is 0.254 e. The molecule has 0 aliphatic carbocycles. The third kappa shape index (κ3) is 4.76. The van der Waals surface area contributed by atoms with Gasteiger partial charge in [-0.3, -0.25) is 4.79 Å². The van der Waals surface area contributed by atoms with Crippen LogP contribution in [0.4, 0.5) is 5.95 Å². The highest BCUT2D eigenvalue weighted by atomic mass is 79.9. The molecule has 2 aromatic rings. The molecule has 0 unspecified atom stereocenters. The summed E-state index contributed by atoms with van der Waals surface area (Å²) in [5, 5.41) is 0. The van der Waals surface area contributed by atoms with Gasteiger partial charge in [-0.1, -0.05) is 19.9 Å². The van der Waals surface area contributed by atoms with Gasteiger partial charge in [0.1, 0.15) is 0 Å². The van der Waals surface area contributed by atoms with Crippen LogP contribution in [0, 0.1) is 0 Å². The lowest BCUT2D eigenvalue weighted by Gasteiger charge is -2.34. The van der Waals surface area contributed by atoms with Crippen molar-refractivity contribution in [2.45, 2.75) is 18.7 Å². The van der Waals surface area contributed by atoms with Crippen LogP contribution in [0.25, 0.3) is 0 Å². The monoisotopic (exact) mass is 481 g/mol. The van der Waals surface area contributed by atoms with Crippen molar-refractivity contribution in [1.29, 1.82) is 0 Å². The maximum absolute atomic E-state index is 12.9. The zero-order valence-corrected chi connectivity index (χ0v) is 18.9. The first-order valence-corrected chi connectivity index (χ1v) is 11.7. The van der Waals surface area contributed by atoms with Gasteiger partial charge in [0.25, 0.3) is 5.91 Å². The van der Waals surface area contributed by atoms with Crippen LogP contribution in [0.15, 0.2) is 46.0 Å². The number of amides is 1. The summed E-state index contributed by atoms with van der Waals surface area (Å²) in [6.45, 7) is 6.63. The summed E-state index contributed by atoms with van der Waals surface area (Å²) < 4.78 is 27.7. The zero-order chi connectivity index (χ0) is 21.0. The number of benzene rings is 1. The molecule has 1 aromatic carbocycles. The van der Waals surface area contributed by atoms with Gasteiger partial charge in [-0.05, 0) is 34.1 Å². The fraction of sp³-hybridized carbons (Fsp3) is 0.421. The van der Waals surface area contributed by atoms with Gasteiger partial charge in [0.15, 0.2) is 0 Å². The van der Waals surface area contributed by atoms with Crippen molar-refractivity contribution in [3.8, 4) is 0 Å². The second-order valence-corrected chi connectivity index (χ2v) is 9.45. The first kappa shape index (κ1) is 21.7. The Morgan fingerprint density at radius 3 is 2.31 bits per heavy atom. The van der Waals surface area contributed by atoms with Crippen LogP contribution < -0.4 is 4.90 Å². The third-order valence-corrected chi connectivity index (χ3v) is 7.34. The Bertz CT molecular complexity index is 956. The minimum atomic E-state index is -3.60. The molecule has 0 spiro atoms. The lowest BCUT2D eigenvalue weighted by atomic mass is 10.2. The van der Waals surface area contributed by atoms with Crippen LogP contribution in [0.2, 0.25) is 0 Å². The molecular weight excluding hydrogens is 458 g/mol. The summed E-state index contributed by atoms with van der Waals surface area (Å²) in [5.41, 5.74) is 0.381. The highest BCUT2D eigenvalue weighted by molar-refractivity contribution is 9.10. The average molecular weight is 482 g/mol. The minimum Gasteiger partial charge on any atom is -0.337 e. The normalized spacial score (nSPS) is 15.0. The van der Waals surface area contributed by atoms with Crippen molar-refractivity contribution in [1.82, 2.24) is 19.2 Å². The Labute approximate surface area is 179 Å². The second kappa shape index (κ2) is 9.19. The molecule has 0 radical (unpaired) electrons. The van der Waals surface area contributed by atoms with E-state index in [0.717, 1.165) is 4.47 Å². The molecule has 8 nitrogen and oxygen atoms in total. The Hall–Kier alpha value is -2.04. The van der Waals surface area contributed by atoms with Crippen molar-refractivity contribution < 1.29 is 13.2 Å². The van der Waals surface area contributed by atoms with E-state index in [0.29, 0.717) is 50.8 Å². The number of sulfonamides is 1. The molecule has 10 heteroatoms.